The lowest BCUT2D eigenvalue weighted by molar-refractivity contribution is 0.423. The Morgan fingerprint density at radius 2 is 2.28 bits per heavy atom. The fourth-order valence-electron chi connectivity index (χ4n) is 2.11. The molecule has 1 aliphatic rings. The molecule has 1 atom stereocenters. The van der Waals surface area contributed by atoms with Gasteiger partial charge < -0.3 is 5.32 Å². The number of aromatic nitrogens is 1. The SMILES string of the molecule is CN(c1ccccn1)S(=O)(=O)CC1CCCCN1. The number of rotatable bonds is 4. The van der Waals surface area contributed by atoms with Gasteiger partial charge >= 0.3 is 0 Å². The van der Waals surface area contributed by atoms with Crippen molar-refractivity contribution in [2.45, 2.75) is 25.3 Å². The largest absolute Gasteiger partial charge is 0.313 e. The molecule has 0 radical (unpaired) electrons. The van der Waals surface area contributed by atoms with Crippen molar-refractivity contribution in [3.63, 3.8) is 0 Å². The highest BCUT2D eigenvalue weighted by Gasteiger charge is 2.25. The zero-order valence-corrected chi connectivity index (χ0v) is 11.4. The maximum Gasteiger partial charge on any atom is 0.237 e. The lowest BCUT2D eigenvalue weighted by Gasteiger charge is -2.26. The molecule has 2 heterocycles. The zero-order valence-electron chi connectivity index (χ0n) is 10.5. The third-order valence-electron chi connectivity index (χ3n) is 3.21. The Labute approximate surface area is 108 Å². The Balaban J connectivity index is 2.06. The standard InChI is InChI=1S/C12H19N3O2S/c1-15(12-7-3-5-9-14-12)18(16,17)10-11-6-2-4-8-13-11/h3,5,7,9,11,13H,2,4,6,8,10H2,1H3. The van der Waals surface area contributed by atoms with Gasteiger partial charge in [0.05, 0.1) is 5.75 Å². The van der Waals surface area contributed by atoms with E-state index in [0.29, 0.717) is 5.82 Å². The van der Waals surface area contributed by atoms with Crippen LogP contribution in [0.5, 0.6) is 0 Å². The molecule has 1 aromatic heterocycles. The number of nitrogens with one attached hydrogen (secondary N) is 1. The Bertz CT molecular complexity index is 469. The molecular weight excluding hydrogens is 250 g/mol. The molecule has 0 spiro atoms. The van der Waals surface area contributed by atoms with Gasteiger partial charge in [-0.15, -0.1) is 0 Å². The Hall–Kier alpha value is -1.14. The number of anilines is 1. The summed E-state index contributed by atoms with van der Waals surface area (Å²) in [5.41, 5.74) is 0. The highest BCUT2D eigenvalue weighted by atomic mass is 32.2. The second kappa shape index (κ2) is 5.67. The molecule has 0 bridgehead atoms. The molecule has 1 unspecified atom stereocenters. The first-order chi connectivity index (χ1) is 8.59. The maximum absolute atomic E-state index is 12.2. The van der Waals surface area contributed by atoms with E-state index in [1.165, 1.54) is 4.31 Å². The Morgan fingerprint density at radius 3 is 2.89 bits per heavy atom. The van der Waals surface area contributed by atoms with E-state index in [0.717, 1.165) is 25.8 Å². The lowest BCUT2D eigenvalue weighted by atomic mass is 10.1. The lowest BCUT2D eigenvalue weighted by Crippen LogP contribution is -2.43. The van der Waals surface area contributed by atoms with E-state index in [4.69, 9.17) is 0 Å². The highest BCUT2D eigenvalue weighted by Crippen LogP contribution is 2.15. The van der Waals surface area contributed by atoms with Crippen LogP contribution in [-0.2, 0) is 10.0 Å². The summed E-state index contributed by atoms with van der Waals surface area (Å²) in [6, 6.07) is 5.32. The Kier molecular flexibility index (Phi) is 4.19. The third-order valence-corrected chi connectivity index (χ3v) is 5.06. The first-order valence-corrected chi connectivity index (χ1v) is 7.81. The molecule has 0 saturated carbocycles. The van der Waals surface area contributed by atoms with Crippen molar-refractivity contribution in [2.75, 3.05) is 23.7 Å². The topological polar surface area (TPSA) is 62.3 Å². The van der Waals surface area contributed by atoms with E-state index in [9.17, 15) is 8.42 Å². The summed E-state index contributed by atoms with van der Waals surface area (Å²) >= 11 is 0. The van der Waals surface area contributed by atoms with E-state index in [1.54, 1.807) is 31.4 Å². The average Bonchev–Trinajstić information content (AvgIpc) is 2.39. The number of nitrogens with zero attached hydrogens (tertiary/aromatic N) is 2. The minimum absolute atomic E-state index is 0.0647. The van der Waals surface area contributed by atoms with E-state index < -0.39 is 10.0 Å². The van der Waals surface area contributed by atoms with Gasteiger partial charge in [0, 0.05) is 19.3 Å². The van der Waals surface area contributed by atoms with Crippen LogP contribution in [0.2, 0.25) is 0 Å². The van der Waals surface area contributed by atoms with Gasteiger partial charge in [-0.3, -0.25) is 4.31 Å². The van der Waals surface area contributed by atoms with Gasteiger partial charge in [0.2, 0.25) is 10.0 Å². The van der Waals surface area contributed by atoms with Crippen LogP contribution in [0.25, 0.3) is 0 Å². The van der Waals surface area contributed by atoms with Gasteiger partial charge in [0.1, 0.15) is 5.82 Å². The number of piperidine rings is 1. The van der Waals surface area contributed by atoms with Crippen molar-refractivity contribution in [3.8, 4) is 0 Å². The van der Waals surface area contributed by atoms with Crippen molar-refractivity contribution in [1.29, 1.82) is 0 Å². The molecule has 100 valence electrons. The molecule has 1 fully saturated rings. The van der Waals surface area contributed by atoms with Crippen molar-refractivity contribution >= 4 is 15.8 Å². The van der Waals surface area contributed by atoms with Crippen LogP contribution in [0.4, 0.5) is 5.82 Å². The molecular formula is C12H19N3O2S. The molecule has 1 aliphatic heterocycles. The van der Waals surface area contributed by atoms with Crippen LogP contribution in [0, 0.1) is 0 Å². The summed E-state index contributed by atoms with van der Waals surface area (Å²) in [5, 5.41) is 3.26. The number of hydrogen-bond acceptors (Lipinski definition) is 4. The van der Waals surface area contributed by atoms with Gasteiger partial charge in [-0.2, -0.15) is 0 Å². The summed E-state index contributed by atoms with van der Waals surface area (Å²) in [5.74, 6) is 0.605. The number of hydrogen-bond donors (Lipinski definition) is 1. The minimum atomic E-state index is -3.30. The van der Waals surface area contributed by atoms with Gasteiger partial charge in [0.25, 0.3) is 0 Å². The van der Waals surface area contributed by atoms with E-state index in [-0.39, 0.29) is 11.8 Å². The molecule has 5 nitrogen and oxygen atoms in total. The molecule has 1 aromatic rings. The van der Waals surface area contributed by atoms with E-state index in [1.807, 2.05) is 0 Å². The fourth-order valence-corrected chi connectivity index (χ4v) is 3.52. The van der Waals surface area contributed by atoms with Crippen molar-refractivity contribution in [1.82, 2.24) is 10.3 Å². The normalized spacial score (nSPS) is 20.6. The van der Waals surface area contributed by atoms with Gasteiger partial charge in [-0.25, -0.2) is 13.4 Å². The smallest absolute Gasteiger partial charge is 0.237 e. The summed E-state index contributed by atoms with van der Waals surface area (Å²) in [4.78, 5) is 4.06. The van der Waals surface area contributed by atoms with Crippen LogP contribution < -0.4 is 9.62 Å². The predicted molar refractivity (Wildman–Crippen MR) is 72.1 cm³/mol. The molecule has 0 aliphatic carbocycles. The second-order valence-corrected chi connectivity index (χ2v) is 6.63. The van der Waals surface area contributed by atoms with Crippen LogP contribution in [0.15, 0.2) is 24.4 Å². The van der Waals surface area contributed by atoms with E-state index >= 15 is 0 Å². The van der Waals surface area contributed by atoms with Gasteiger partial charge in [-0.1, -0.05) is 12.5 Å². The van der Waals surface area contributed by atoms with Crippen LogP contribution in [-0.4, -0.2) is 38.8 Å². The van der Waals surface area contributed by atoms with E-state index in [2.05, 4.69) is 10.3 Å². The molecule has 1 N–H and O–H groups in total. The summed E-state index contributed by atoms with van der Waals surface area (Å²) in [6.07, 6.45) is 4.75. The van der Waals surface area contributed by atoms with Crippen molar-refractivity contribution in [2.24, 2.45) is 0 Å². The fraction of sp³-hybridized carbons (Fsp3) is 0.583. The monoisotopic (exact) mass is 269 g/mol. The van der Waals surface area contributed by atoms with Crippen molar-refractivity contribution < 1.29 is 8.42 Å². The first kappa shape index (κ1) is 13.3. The van der Waals surface area contributed by atoms with Gasteiger partial charge in [0.15, 0.2) is 0 Å². The second-order valence-electron chi connectivity index (χ2n) is 4.58. The van der Waals surface area contributed by atoms with Crippen LogP contribution in [0.3, 0.4) is 0 Å². The van der Waals surface area contributed by atoms with Gasteiger partial charge in [-0.05, 0) is 31.5 Å². The van der Waals surface area contributed by atoms with Crippen LogP contribution >= 0.6 is 0 Å². The molecule has 0 aromatic carbocycles. The van der Waals surface area contributed by atoms with Crippen molar-refractivity contribution in [3.05, 3.63) is 24.4 Å². The molecule has 2 rings (SSSR count). The first-order valence-electron chi connectivity index (χ1n) is 6.20. The number of sulfonamides is 1. The highest BCUT2D eigenvalue weighted by molar-refractivity contribution is 7.92. The maximum atomic E-state index is 12.2. The predicted octanol–water partition coefficient (Wildman–Crippen LogP) is 0.990. The Morgan fingerprint density at radius 1 is 1.44 bits per heavy atom. The summed E-state index contributed by atoms with van der Waals surface area (Å²) < 4.78 is 25.8. The molecule has 1 saturated heterocycles. The quantitative estimate of drug-likeness (QED) is 0.885. The average molecular weight is 269 g/mol. The van der Waals surface area contributed by atoms with Crippen LogP contribution in [0.1, 0.15) is 19.3 Å². The molecule has 18 heavy (non-hydrogen) atoms. The number of pyridine rings is 1. The zero-order chi connectivity index (χ0) is 13.0. The third kappa shape index (κ3) is 3.20. The molecule has 0 amide bonds. The summed E-state index contributed by atoms with van der Waals surface area (Å²) in [6.45, 7) is 0.910. The molecule has 6 heteroatoms. The minimum Gasteiger partial charge on any atom is -0.313 e. The summed E-state index contributed by atoms with van der Waals surface area (Å²) in [7, 11) is -1.75.